The van der Waals surface area contributed by atoms with Crippen molar-refractivity contribution in [3.05, 3.63) is 35.9 Å². The molecule has 0 radical (unpaired) electrons. The maximum absolute atomic E-state index is 5.42. The second-order valence-corrected chi connectivity index (χ2v) is 4.49. The fourth-order valence-corrected chi connectivity index (χ4v) is 2.25. The zero-order valence-corrected chi connectivity index (χ0v) is 12.2. The summed E-state index contributed by atoms with van der Waals surface area (Å²) >= 11 is 0. The lowest BCUT2D eigenvalue weighted by atomic mass is 10.0. The number of ether oxygens (including phenoxy) is 1. The van der Waals surface area contributed by atoms with E-state index in [0.29, 0.717) is 0 Å². The second-order valence-electron chi connectivity index (χ2n) is 4.49. The predicted molar refractivity (Wildman–Crippen MR) is 76.6 cm³/mol. The molecule has 6 heteroatoms. The summed E-state index contributed by atoms with van der Waals surface area (Å²) in [6.07, 6.45) is 6.33. The molecule has 0 aliphatic rings. The Morgan fingerprint density at radius 3 is 2.90 bits per heavy atom. The van der Waals surface area contributed by atoms with E-state index in [1.54, 1.807) is 19.5 Å². The van der Waals surface area contributed by atoms with E-state index in [0.717, 1.165) is 36.5 Å². The molecule has 0 saturated heterocycles. The molecule has 0 bridgehead atoms. The van der Waals surface area contributed by atoms with Crippen LogP contribution in [0.1, 0.15) is 37.6 Å². The van der Waals surface area contributed by atoms with Gasteiger partial charge in [0, 0.05) is 18.3 Å². The van der Waals surface area contributed by atoms with Crippen LogP contribution >= 0.6 is 0 Å². The van der Waals surface area contributed by atoms with Crippen molar-refractivity contribution in [3.8, 4) is 5.75 Å². The molecular formula is C14H21N5O. The summed E-state index contributed by atoms with van der Waals surface area (Å²) in [6.45, 7) is 5.90. The highest BCUT2D eigenvalue weighted by molar-refractivity contribution is 5.37. The van der Waals surface area contributed by atoms with Crippen molar-refractivity contribution in [2.75, 3.05) is 13.7 Å². The minimum absolute atomic E-state index is 0.000463. The van der Waals surface area contributed by atoms with Crippen molar-refractivity contribution in [2.24, 2.45) is 0 Å². The Morgan fingerprint density at radius 2 is 2.20 bits per heavy atom. The first-order chi connectivity index (χ1) is 9.81. The molecule has 6 nitrogen and oxygen atoms in total. The van der Waals surface area contributed by atoms with Crippen molar-refractivity contribution >= 4 is 0 Å². The highest BCUT2D eigenvalue weighted by Crippen LogP contribution is 2.28. The van der Waals surface area contributed by atoms with Crippen LogP contribution in [-0.4, -0.2) is 33.6 Å². The molecular weight excluding hydrogens is 254 g/mol. The molecule has 1 atom stereocenters. The van der Waals surface area contributed by atoms with Crippen molar-refractivity contribution in [3.63, 3.8) is 0 Å². The molecule has 1 unspecified atom stereocenters. The maximum Gasteiger partial charge on any atom is 0.142 e. The normalized spacial score (nSPS) is 12.3. The average Bonchev–Trinajstić information content (AvgIpc) is 2.93. The minimum atomic E-state index is -0.000463. The van der Waals surface area contributed by atoms with E-state index in [1.807, 2.05) is 16.9 Å². The number of aromatic nitrogens is 4. The summed E-state index contributed by atoms with van der Waals surface area (Å²) in [4.78, 5) is 4.11. The third-order valence-electron chi connectivity index (χ3n) is 3.13. The first-order valence-corrected chi connectivity index (χ1v) is 6.91. The molecule has 0 spiro atoms. The minimum Gasteiger partial charge on any atom is -0.495 e. The standard InChI is InChI=1S/C14H21N5O/c1-4-8-19-12(9-17-18-19)14(16-5-2)11-6-7-15-10-13(11)20-3/h6-7,9-10,14,16H,4-5,8H2,1-3H3. The Kier molecular flexibility index (Phi) is 5.06. The van der Waals surface area contributed by atoms with Gasteiger partial charge >= 0.3 is 0 Å². The molecule has 20 heavy (non-hydrogen) atoms. The van der Waals surface area contributed by atoms with Gasteiger partial charge in [-0.2, -0.15) is 0 Å². The van der Waals surface area contributed by atoms with Gasteiger partial charge in [0.25, 0.3) is 0 Å². The van der Waals surface area contributed by atoms with E-state index in [4.69, 9.17) is 4.74 Å². The van der Waals surface area contributed by atoms with E-state index >= 15 is 0 Å². The first kappa shape index (κ1) is 14.5. The predicted octanol–water partition coefficient (Wildman–Crippen LogP) is 1.79. The zero-order valence-electron chi connectivity index (χ0n) is 12.2. The topological polar surface area (TPSA) is 64.9 Å². The van der Waals surface area contributed by atoms with Gasteiger partial charge in [0.05, 0.1) is 31.2 Å². The summed E-state index contributed by atoms with van der Waals surface area (Å²) in [5.74, 6) is 0.766. The first-order valence-electron chi connectivity index (χ1n) is 6.91. The van der Waals surface area contributed by atoms with Gasteiger partial charge in [-0.1, -0.05) is 19.1 Å². The molecule has 2 aromatic rings. The lowest BCUT2D eigenvalue weighted by Crippen LogP contribution is -2.25. The largest absolute Gasteiger partial charge is 0.495 e. The number of nitrogens with zero attached hydrogens (tertiary/aromatic N) is 4. The van der Waals surface area contributed by atoms with E-state index in [1.165, 1.54) is 0 Å². The number of hydrogen-bond donors (Lipinski definition) is 1. The van der Waals surface area contributed by atoms with Crippen LogP contribution < -0.4 is 10.1 Å². The van der Waals surface area contributed by atoms with Crippen molar-refractivity contribution < 1.29 is 4.74 Å². The second kappa shape index (κ2) is 7.00. The summed E-state index contributed by atoms with van der Waals surface area (Å²) in [6, 6.07) is 1.97. The molecule has 0 aromatic carbocycles. The zero-order chi connectivity index (χ0) is 14.4. The van der Waals surface area contributed by atoms with E-state index < -0.39 is 0 Å². The molecule has 1 N–H and O–H groups in total. The Labute approximate surface area is 119 Å². The van der Waals surface area contributed by atoms with Gasteiger partial charge in [0.15, 0.2) is 0 Å². The SMILES string of the molecule is CCCn1nncc1C(NCC)c1ccncc1OC. The van der Waals surface area contributed by atoms with Crippen molar-refractivity contribution in [1.82, 2.24) is 25.3 Å². The fourth-order valence-electron chi connectivity index (χ4n) is 2.25. The average molecular weight is 275 g/mol. The van der Waals surface area contributed by atoms with Crippen LogP contribution in [0.15, 0.2) is 24.7 Å². The quantitative estimate of drug-likeness (QED) is 0.834. The van der Waals surface area contributed by atoms with Crippen LogP contribution in [0.2, 0.25) is 0 Å². The highest BCUT2D eigenvalue weighted by atomic mass is 16.5. The van der Waals surface area contributed by atoms with Gasteiger partial charge in [0.2, 0.25) is 0 Å². The van der Waals surface area contributed by atoms with E-state index in [2.05, 4.69) is 34.5 Å². The molecule has 0 saturated carbocycles. The Balaban J connectivity index is 2.42. The molecule has 0 aliphatic carbocycles. The highest BCUT2D eigenvalue weighted by Gasteiger charge is 2.21. The van der Waals surface area contributed by atoms with Crippen LogP contribution in [0.25, 0.3) is 0 Å². The molecule has 0 fully saturated rings. The molecule has 2 aromatic heterocycles. The monoisotopic (exact) mass is 275 g/mol. The summed E-state index contributed by atoms with van der Waals surface area (Å²) in [7, 11) is 1.66. The number of rotatable bonds is 7. The number of pyridine rings is 1. The molecule has 108 valence electrons. The molecule has 0 amide bonds. The maximum atomic E-state index is 5.42. The van der Waals surface area contributed by atoms with Crippen LogP contribution in [0.4, 0.5) is 0 Å². The summed E-state index contributed by atoms with van der Waals surface area (Å²) in [5.41, 5.74) is 2.09. The lowest BCUT2D eigenvalue weighted by molar-refractivity contribution is 0.399. The van der Waals surface area contributed by atoms with Gasteiger partial charge in [-0.15, -0.1) is 5.10 Å². The lowest BCUT2D eigenvalue weighted by Gasteiger charge is -2.20. The van der Waals surface area contributed by atoms with Crippen molar-refractivity contribution in [2.45, 2.75) is 32.9 Å². The van der Waals surface area contributed by atoms with Crippen LogP contribution in [0.3, 0.4) is 0 Å². The summed E-state index contributed by atoms with van der Waals surface area (Å²) in [5, 5.41) is 11.7. The number of hydrogen-bond acceptors (Lipinski definition) is 5. The molecule has 2 rings (SSSR count). The van der Waals surface area contributed by atoms with Gasteiger partial charge in [-0.3, -0.25) is 4.98 Å². The number of nitrogens with one attached hydrogen (secondary N) is 1. The third kappa shape index (κ3) is 2.96. The summed E-state index contributed by atoms with van der Waals surface area (Å²) < 4.78 is 7.36. The van der Waals surface area contributed by atoms with Crippen molar-refractivity contribution in [1.29, 1.82) is 0 Å². The van der Waals surface area contributed by atoms with Gasteiger partial charge in [-0.05, 0) is 19.0 Å². The smallest absolute Gasteiger partial charge is 0.142 e. The van der Waals surface area contributed by atoms with Crippen LogP contribution in [-0.2, 0) is 6.54 Å². The van der Waals surface area contributed by atoms with Gasteiger partial charge < -0.3 is 10.1 Å². The van der Waals surface area contributed by atoms with Crippen LogP contribution in [0.5, 0.6) is 5.75 Å². The van der Waals surface area contributed by atoms with Gasteiger partial charge in [0.1, 0.15) is 5.75 Å². The molecule has 0 aliphatic heterocycles. The number of aryl methyl sites for hydroxylation is 1. The molecule has 2 heterocycles. The van der Waals surface area contributed by atoms with E-state index in [-0.39, 0.29) is 6.04 Å². The fraction of sp³-hybridized carbons (Fsp3) is 0.500. The number of methoxy groups -OCH3 is 1. The Hall–Kier alpha value is -1.95. The Morgan fingerprint density at radius 1 is 1.35 bits per heavy atom. The third-order valence-corrected chi connectivity index (χ3v) is 3.13. The Bertz CT molecular complexity index is 540. The van der Waals surface area contributed by atoms with Gasteiger partial charge in [-0.25, -0.2) is 4.68 Å². The van der Waals surface area contributed by atoms with Crippen LogP contribution in [0, 0.1) is 0 Å². The van der Waals surface area contributed by atoms with E-state index in [9.17, 15) is 0 Å².